The number of hydrogen-bond donors (Lipinski definition) is 2. The van der Waals surface area contributed by atoms with Gasteiger partial charge in [0.1, 0.15) is 18.2 Å². The van der Waals surface area contributed by atoms with Crippen LogP contribution in [0.25, 0.3) is 11.1 Å². The van der Waals surface area contributed by atoms with Crippen LogP contribution in [0.4, 0.5) is 10.2 Å². The molecular formula is C38H58FN7O3Si. The Bertz CT molecular complexity index is 1620. The number of anilines is 1. The number of halogens is 1. The molecule has 2 aliphatic rings. The second-order valence-electron chi connectivity index (χ2n) is 16.1. The summed E-state index contributed by atoms with van der Waals surface area (Å²) in [5.41, 5.74) is 9.30. The zero-order valence-electron chi connectivity index (χ0n) is 31.2. The number of hydrogen-bond acceptors (Lipinski definition) is 6. The predicted molar refractivity (Wildman–Crippen MR) is 198 cm³/mol. The lowest BCUT2D eigenvalue weighted by atomic mass is 9.63. The molecule has 0 spiro atoms. The van der Waals surface area contributed by atoms with E-state index in [0.29, 0.717) is 47.6 Å². The van der Waals surface area contributed by atoms with Gasteiger partial charge in [0.25, 0.3) is 5.91 Å². The number of amides is 2. The number of ether oxygens (including phenoxy) is 1. The number of nitrogens with one attached hydrogen (secondary N) is 1. The lowest BCUT2D eigenvalue weighted by Crippen LogP contribution is -2.39. The number of primary amides is 1. The van der Waals surface area contributed by atoms with E-state index < -0.39 is 25.8 Å². The molecular weight excluding hydrogens is 650 g/mol. The van der Waals surface area contributed by atoms with Gasteiger partial charge in [0.05, 0.1) is 17.8 Å². The first-order valence-corrected chi connectivity index (χ1v) is 22.4. The third-order valence-electron chi connectivity index (χ3n) is 10.9. The molecule has 2 fully saturated rings. The van der Waals surface area contributed by atoms with Crippen molar-refractivity contribution in [2.45, 2.75) is 136 Å². The summed E-state index contributed by atoms with van der Waals surface area (Å²) in [5.74, 6) is -1.47. The molecule has 5 rings (SSSR count). The first kappa shape index (κ1) is 37.9. The van der Waals surface area contributed by atoms with Gasteiger partial charge in [0, 0.05) is 43.1 Å². The second-order valence-corrected chi connectivity index (χ2v) is 21.7. The molecule has 3 aromatic rings. The number of aromatic nitrogens is 5. The van der Waals surface area contributed by atoms with Crippen molar-refractivity contribution in [3.8, 4) is 11.1 Å². The quantitative estimate of drug-likeness (QED) is 0.0984. The fourth-order valence-electron chi connectivity index (χ4n) is 8.38. The van der Waals surface area contributed by atoms with Crippen LogP contribution in [0.2, 0.25) is 25.7 Å². The summed E-state index contributed by atoms with van der Waals surface area (Å²) in [7, 11) is -1.22. The van der Waals surface area contributed by atoms with E-state index in [-0.39, 0.29) is 29.4 Å². The van der Waals surface area contributed by atoms with Crippen molar-refractivity contribution in [2.75, 3.05) is 11.9 Å². The maximum Gasteiger partial charge on any atom is 0.267 e. The molecule has 2 saturated carbocycles. The SMILES string of the molecule is Cc1nn(COCC[Si](C)(C)C)c(C)c1-c1ccc(NC(=O)C(c2cnn(C(C)C)c2C(N)=O)C(C2CCCCC2)C2CCCCC2)nc1F. The summed E-state index contributed by atoms with van der Waals surface area (Å²) in [4.78, 5) is 31.9. The molecule has 0 aliphatic heterocycles. The molecule has 1 atom stereocenters. The zero-order chi connectivity index (χ0) is 36.2. The minimum absolute atomic E-state index is 0.00623. The predicted octanol–water partition coefficient (Wildman–Crippen LogP) is 8.39. The average molecular weight is 708 g/mol. The van der Waals surface area contributed by atoms with Crippen molar-refractivity contribution in [1.82, 2.24) is 24.5 Å². The fourth-order valence-corrected chi connectivity index (χ4v) is 9.13. The van der Waals surface area contributed by atoms with Gasteiger partial charge in [-0.15, -0.1) is 0 Å². The van der Waals surface area contributed by atoms with E-state index in [9.17, 15) is 9.59 Å². The van der Waals surface area contributed by atoms with Gasteiger partial charge >= 0.3 is 0 Å². The van der Waals surface area contributed by atoms with Crippen LogP contribution in [0.3, 0.4) is 0 Å². The summed E-state index contributed by atoms with van der Waals surface area (Å²) >= 11 is 0. The molecule has 2 aliphatic carbocycles. The molecule has 2 amide bonds. The number of pyridine rings is 1. The van der Waals surface area contributed by atoms with E-state index in [1.165, 1.54) is 12.8 Å². The Morgan fingerprint density at radius 1 is 1.02 bits per heavy atom. The van der Waals surface area contributed by atoms with E-state index in [1.54, 1.807) is 27.7 Å². The first-order chi connectivity index (χ1) is 23.8. The number of aryl methyl sites for hydroxylation is 1. The van der Waals surface area contributed by atoms with Crippen LogP contribution in [0.15, 0.2) is 18.3 Å². The van der Waals surface area contributed by atoms with E-state index in [0.717, 1.165) is 63.1 Å². The van der Waals surface area contributed by atoms with Crippen LogP contribution in [0, 0.1) is 37.5 Å². The lowest BCUT2D eigenvalue weighted by Gasteiger charge is -2.41. The Kier molecular flexibility index (Phi) is 12.4. The van der Waals surface area contributed by atoms with Crippen molar-refractivity contribution in [1.29, 1.82) is 0 Å². The topological polar surface area (TPSA) is 130 Å². The van der Waals surface area contributed by atoms with Gasteiger partial charge in [0.2, 0.25) is 11.9 Å². The Hall–Kier alpha value is -3.38. The molecule has 0 aromatic carbocycles. The highest BCUT2D eigenvalue weighted by molar-refractivity contribution is 6.76. The number of nitrogens with zero attached hydrogens (tertiary/aromatic N) is 5. The van der Waals surface area contributed by atoms with Crippen LogP contribution >= 0.6 is 0 Å². The van der Waals surface area contributed by atoms with Gasteiger partial charge in [-0.05, 0) is 63.6 Å². The minimum atomic E-state index is -1.22. The van der Waals surface area contributed by atoms with Crippen LogP contribution in [-0.4, -0.2) is 51.0 Å². The van der Waals surface area contributed by atoms with E-state index >= 15 is 4.39 Å². The van der Waals surface area contributed by atoms with Gasteiger partial charge in [0.15, 0.2) is 0 Å². The van der Waals surface area contributed by atoms with Crippen molar-refractivity contribution in [3.05, 3.63) is 46.9 Å². The summed E-state index contributed by atoms with van der Waals surface area (Å²) < 4.78 is 25.2. The molecule has 50 heavy (non-hydrogen) atoms. The Labute approximate surface area is 298 Å². The molecule has 0 radical (unpaired) electrons. The highest BCUT2D eigenvalue weighted by atomic mass is 28.3. The Balaban J connectivity index is 1.47. The maximum absolute atomic E-state index is 15.9. The van der Waals surface area contributed by atoms with Crippen molar-refractivity contribution in [2.24, 2.45) is 23.5 Å². The summed E-state index contributed by atoms with van der Waals surface area (Å²) in [5, 5.41) is 12.2. The van der Waals surface area contributed by atoms with Crippen molar-refractivity contribution in [3.63, 3.8) is 0 Å². The van der Waals surface area contributed by atoms with Gasteiger partial charge in [-0.25, -0.2) is 9.67 Å². The molecule has 1 unspecified atom stereocenters. The smallest absolute Gasteiger partial charge is 0.267 e. The molecule has 12 heteroatoms. The van der Waals surface area contributed by atoms with E-state index in [1.807, 2.05) is 27.7 Å². The number of nitrogens with two attached hydrogens (primary N) is 1. The van der Waals surface area contributed by atoms with Crippen molar-refractivity contribution < 1.29 is 18.7 Å². The summed E-state index contributed by atoms with van der Waals surface area (Å²) in [6.45, 7) is 15.5. The monoisotopic (exact) mass is 707 g/mol. The zero-order valence-corrected chi connectivity index (χ0v) is 32.2. The molecule has 3 aromatic heterocycles. The third kappa shape index (κ3) is 8.73. The summed E-state index contributed by atoms with van der Waals surface area (Å²) in [6.07, 6.45) is 12.8. The molecule has 3 N–H and O–H groups in total. The summed E-state index contributed by atoms with van der Waals surface area (Å²) in [6, 6.07) is 4.24. The number of rotatable bonds is 14. The number of carbonyl (C=O) groups is 2. The molecule has 10 nitrogen and oxygen atoms in total. The standard InChI is InChI=1S/C38H58FN7O3Si/c1-24(2)46-35(37(40)47)30(22-41-46)34(33(27-14-10-8-11-15-27)28-16-12-9-13-17-28)38(48)43-31-19-18-29(36(39)42-31)32-25(3)44-45(26(32)4)23-49-20-21-50(5,6)7/h18-19,22,24,27-28,33-34H,8-17,20-21,23H2,1-7H3,(H2,40,47)(H,42,43,48). The maximum atomic E-state index is 15.9. The highest BCUT2D eigenvalue weighted by Gasteiger charge is 2.43. The second kappa shape index (κ2) is 16.3. The van der Waals surface area contributed by atoms with Gasteiger partial charge in [-0.3, -0.25) is 14.3 Å². The number of carbonyl (C=O) groups excluding carboxylic acids is 2. The van der Waals surface area contributed by atoms with Crippen LogP contribution in [0.1, 0.15) is 117 Å². The van der Waals surface area contributed by atoms with E-state index in [4.69, 9.17) is 10.5 Å². The van der Waals surface area contributed by atoms with Crippen molar-refractivity contribution >= 4 is 25.7 Å². The van der Waals surface area contributed by atoms with Gasteiger partial charge < -0.3 is 15.8 Å². The average Bonchev–Trinajstić information content (AvgIpc) is 3.63. The third-order valence-corrected chi connectivity index (χ3v) is 12.6. The van der Waals surface area contributed by atoms with Crippen LogP contribution < -0.4 is 11.1 Å². The Morgan fingerprint density at radius 3 is 2.18 bits per heavy atom. The highest BCUT2D eigenvalue weighted by Crippen LogP contribution is 2.48. The largest absolute Gasteiger partial charge is 0.364 e. The van der Waals surface area contributed by atoms with Gasteiger partial charge in [-0.1, -0.05) is 83.8 Å². The normalized spacial score (nSPS) is 17.1. The van der Waals surface area contributed by atoms with E-state index in [2.05, 4.69) is 40.1 Å². The lowest BCUT2D eigenvalue weighted by molar-refractivity contribution is -0.120. The molecule has 274 valence electrons. The van der Waals surface area contributed by atoms with Crippen LogP contribution in [-0.2, 0) is 16.3 Å². The molecule has 0 bridgehead atoms. The molecule has 3 heterocycles. The van der Waals surface area contributed by atoms with Crippen LogP contribution in [0.5, 0.6) is 0 Å². The molecule has 0 saturated heterocycles. The fraction of sp³-hybridized carbons (Fsp3) is 0.658. The first-order valence-electron chi connectivity index (χ1n) is 18.7. The van der Waals surface area contributed by atoms with Gasteiger partial charge in [-0.2, -0.15) is 14.6 Å². The minimum Gasteiger partial charge on any atom is -0.364 e. The Morgan fingerprint density at radius 2 is 1.64 bits per heavy atom.